The van der Waals surface area contributed by atoms with Crippen molar-refractivity contribution >= 4 is 28.2 Å². The van der Waals surface area contributed by atoms with Gasteiger partial charge in [0.1, 0.15) is 5.82 Å². The van der Waals surface area contributed by atoms with Gasteiger partial charge in [0.15, 0.2) is 0 Å². The third-order valence-corrected chi connectivity index (χ3v) is 3.81. The molecule has 0 saturated carbocycles. The maximum atomic E-state index is 13.8. The van der Waals surface area contributed by atoms with E-state index >= 15 is 0 Å². The lowest BCUT2D eigenvalue weighted by atomic mass is 10.1. The van der Waals surface area contributed by atoms with E-state index in [2.05, 4.69) is 10.3 Å². The Balaban J connectivity index is 1.90. The number of hydrogen-bond acceptors (Lipinski definition) is 3. The molecule has 0 spiro atoms. The van der Waals surface area contributed by atoms with E-state index in [0.717, 1.165) is 16.8 Å². The maximum absolute atomic E-state index is 13.8. The van der Waals surface area contributed by atoms with Crippen LogP contribution in [-0.2, 0) is 13.2 Å². The highest BCUT2D eigenvalue weighted by atomic mass is 35.5. The van der Waals surface area contributed by atoms with Crippen molar-refractivity contribution in [1.82, 2.24) is 4.98 Å². The van der Waals surface area contributed by atoms with Gasteiger partial charge in [0.2, 0.25) is 0 Å². The molecule has 0 atom stereocenters. The Morgan fingerprint density at radius 3 is 2.86 bits per heavy atom. The van der Waals surface area contributed by atoms with Gasteiger partial charge >= 0.3 is 0 Å². The number of aromatic nitrogens is 1. The minimum absolute atomic E-state index is 0.0487. The van der Waals surface area contributed by atoms with Gasteiger partial charge in [-0.3, -0.25) is 4.98 Å². The van der Waals surface area contributed by atoms with Gasteiger partial charge < -0.3 is 10.4 Å². The van der Waals surface area contributed by atoms with Crippen molar-refractivity contribution in [2.45, 2.75) is 13.2 Å². The summed E-state index contributed by atoms with van der Waals surface area (Å²) in [4.78, 5) is 4.26. The van der Waals surface area contributed by atoms with Gasteiger partial charge in [0.05, 0.1) is 22.8 Å². The Hall–Kier alpha value is -2.17. The second kappa shape index (κ2) is 6.30. The summed E-state index contributed by atoms with van der Waals surface area (Å²) in [5.41, 5.74) is 3.00. The zero-order chi connectivity index (χ0) is 15.5. The van der Waals surface area contributed by atoms with Gasteiger partial charge in [-0.05, 0) is 41.5 Å². The number of rotatable bonds is 4. The number of nitrogens with zero attached hydrogens (tertiary/aromatic N) is 1. The number of nitrogens with one attached hydrogen (secondary N) is 1. The largest absolute Gasteiger partial charge is 0.392 e. The molecule has 3 aromatic rings. The highest BCUT2D eigenvalue weighted by Crippen LogP contribution is 2.25. The zero-order valence-electron chi connectivity index (χ0n) is 11.7. The van der Waals surface area contributed by atoms with Crippen LogP contribution in [0.1, 0.15) is 11.1 Å². The Labute approximate surface area is 132 Å². The number of fused-ring (bicyclic) bond motifs is 1. The number of hydrogen-bond donors (Lipinski definition) is 2. The standard InChI is InChI=1S/C17H14ClFN2O/c18-14-5-3-11(10-22)8-16(14)21-9-12-4-6-15(19)13-2-1-7-20-17(12)13/h1-8,21-22H,9-10H2. The van der Waals surface area contributed by atoms with Crippen LogP contribution in [0.15, 0.2) is 48.7 Å². The molecule has 1 aromatic heterocycles. The number of anilines is 1. The maximum Gasteiger partial charge on any atom is 0.132 e. The first-order valence-corrected chi connectivity index (χ1v) is 7.22. The summed E-state index contributed by atoms with van der Waals surface area (Å²) in [6.07, 6.45) is 1.64. The van der Waals surface area contributed by atoms with Gasteiger partial charge in [0.25, 0.3) is 0 Å². The van der Waals surface area contributed by atoms with E-state index in [-0.39, 0.29) is 12.4 Å². The van der Waals surface area contributed by atoms with Gasteiger partial charge in [-0.15, -0.1) is 0 Å². The van der Waals surface area contributed by atoms with E-state index in [1.54, 1.807) is 42.6 Å². The molecule has 112 valence electrons. The molecule has 0 aliphatic carbocycles. The van der Waals surface area contributed by atoms with E-state index in [9.17, 15) is 9.50 Å². The molecular weight excluding hydrogens is 303 g/mol. The quantitative estimate of drug-likeness (QED) is 0.760. The van der Waals surface area contributed by atoms with E-state index in [1.165, 1.54) is 6.07 Å². The number of benzene rings is 2. The fourth-order valence-corrected chi connectivity index (χ4v) is 2.52. The molecule has 0 radical (unpaired) electrons. The molecule has 0 saturated heterocycles. The lowest BCUT2D eigenvalue weighted by Gasteiger charge is -2.11. The average molecular weight is 317 g/mol. The Bertz CT molecular complexity index is 823. The molecule has 3 rings (SSSR count). The summed E-state index contributed by atoms with van der Waals surface area (Å²) in [6, 6.07) is 11.9. The first kappa shape index (κ1) is 14.8. The molecule has 1 heterocycles. The van der Waals surface area contributed by atoms with Gasteiger partial charge in [-0.25, -0.2) is 4.39 Å². The monoisotopic (exact) mass is 316 g/mol. The molecule has 0 bridgehead atoms. The normalized spacial score (nSPS) is 10.9. The van der Waals surface area contributed by atoms with Gasteiger partial charge in [-0.2, -0.15) is 0 Å². The molecule has 0 amide bonds. The molecule has 0 aliphatic rings. The minimum Gasteiger partial charge on any atom is -0.392 e. The van der Waals surface area contributed by atoms with E-state index < -0.39 is 0 Å². The lowest BCUT2D eigenvalue weighted by Crippen LogP contribution is -2.02. The number of pyridine rings is 1. The van der Waals surface area contributed by atoms with E-state index in [4.69, 9.17) is 11.6 Å². The Morgan fingerprint density at radius 1 is 1.18 bits per heavy atom. The van der Waals surface area contributed by atoms with Crippen molar-refractivity contribution in [3.8, 4) is 0 Å². The molecule has 22 heavy (non-hydrogen) atoms. The molecule has 2 N–H and O–H groups in total. The highest BCUT2D eigenvalue weighted by molar-refractivity contribution is 6.33. The second-order valence-electron chi connectivity index (χ2n) is 4.93. The number of halogens is 2. The lowest BCUT2D eigenvalue weighted by molar-refractivity contribution is 0.282. The van der Waals surface area contributed by atoms with Crippen LogP contribution in [0.2, 0.25) is 5.02 Å². The smallest absolute Gasteiger partial charge is 0.132 e. The molecule has 5 heteroatoms. The number of aliphatic hydroxyl groups excluding tert-OH is 1. The Morgan fingerprint density at radius 2 is 2.05 bits per heavy atom. The SMILES string of the molecule is OCc1ccc(Cl)c(NCc2ccc(F)c3cccnc23)c1. The van der Waals surface area contributed by atoms with Crippen molar-refractivity contribution in [2.24, 2.45) is 0 Å². The first-order chi connectivity index (χ1) is 10.7. The second-order valence-corrected chi connectivity index (χ2v) is 5.34. The van der Waals surface area contributed by atoms with Crippen LogP contribution in [-0.4, -0.2) is 10.1 Å². The predicted molar refractivity (Wildman–Crippen MR) is 86.4 cm³/mol. The topological polar surface area (TPSA) is 45.1 Å². The van der Waals surface area contributed by atoms with Crippen LogP contribution in [0, 0.1) is 5.82 Å². The predicted octanol–water partition coefficient (Wildman–Crippen LogP) is 4.13. The third-order valence-electron chi connectivity index (χ3n) is 3.48. The summed E-state index contributed by atoms with van der Waals surface area (Å²) in [7, 11) is 0. The molecule has 0 aliphatic heterocycles. The molecule has 3 nitrogen and oxygen atoms in total. The van der Waals surface area contributed by atoms with Gasteiger partial charge in [0, 0.05) is 18.1 Å². The molecule has 0 fully saturated rings. The van der Waals surface area contributed by atoms with Crippen LogP contribution < -0.4 is 5.32 Å². The molecular formula is C17H14ClFN2O. The highest BCUT2D eigenvalue weighted by Gasteiger charge is 2.08. The minimum atomic E-state index is -0.285. The van der Waals surface area contributed by atoms with Crippen LogP contribution in [0.25, 0.3) is 10.9 Å². The van der Waals surface area contributed by atoms with Crippen LogP contribution >= 0.6 is 11.6 Å². The summed E-state index contributed by atoms with van der Waals surface area (Å²) in [5, 5.41) is 13.5. The Kier molecular flexibility index (Phi) is 4.22. The van der Waals surface area contributed by atoms with Gasteiger partial charge in [-0.1, -0.05) is 23.7 Å². The van der Waals surface area contributed by atoms with E-state index in [0.29, 0.717) is 22.5 Å². The van der Waals surface area contributed by atoms with Crippen LogP contribution in [0.4, 0.5) is 10.1 Å². The van der Waals surface area contributed by atoms with Crippen molar-refractivity contribution in [3.05, 3.63) is 70.6 Å². The van der Waals surface area contributed by atoms with Crippen molar-refractivity contribution in [1.29, 1.82) is 0 Å². The zero-order valence-corrected chi connectivity index (χ0v) is 12.4. The summed E-state index contributed by atoms with van der Waals surface area (Å²) >= 11 is 6.14. The van der Waals surface area contributed by atoms with Crippen molar-refractivity contribution in [2.75, 3.05) is 5.32 Å². The fourth-order valence-electron chi connectivity index (χ4n) is 2.34. The summed E-state index contributed by atoms with van der Waals surface area (Å²) in [6.45, 7) is 0.412. The van der Waals surface area contributed by atoms with Crippen molar-refractivity contribution in [3.63, 3.8) is 0 Å². The first-order valence-electron chi connectivity index (χ1n) is 6.84. The fraction of sp³-hybridized carbons (Fsp3) is 0.118. The van der Waals surface area contributed by atoms with Crippen molar-refractivity contribution < 1.29 is 9.50 Å². The third kappa shape index (κ3) is 2.89. The summed E-state index contributed by atoms with van der Waals surface area (Å²) < 4.78 is 13.8. The summed E-state index contributed by atoms with van der Waals surface area (Å²) in [5.74, 6) is -0.285. The van der Waals surface area contributed by atoms with E-state index in [1.807, 2.05) is 0 Å². The molecule has 0 unspecified atom stereocenters. The average Bonchev–Trinajstić information content (AvgIpc) is 2.56. The van der Waals surface area contributed by atoms with Crippen LogP contribution in [0.3, 0.4) is 0 Å². The van der Waals surface area contributed by atoms with Crippen LogP contribution in [0.5, 0.6) is 0 Å². The molecule has 2 aromatic carbocycles. The number of aliphatic hydroxyl groups is 1.